The van der Waals surface area contributed by atoms with Crippen LogP contribution in [-0.2, 0) is 18.7 Å². The maximum Gasteiger partial charge on any atom is 0.251 e. The lowest BCUT2D eigenvalue weighted by molar-refractivity contribution is -0.0159. The average molecular weight is 467 g/mol. The summed E-state index contributed by atoms with van der Waals surface area (Å²) in [5, 5.41) is 15.1. The molecule has 34 heavy (non-hydrogen) atoms. The number of pyridine rings is 2. The van der Waals surface area contributed by atoms with E-state index >= 15 is 0 Å². The van der Waals surface area contributed by atoms with Crippen molar-refractivity contribution in [3.63, 3.8) is 0 Å². The monoisotopic (exact) mass is 466 g/mol. The molecule has 0 saturated carbocycles. The second-order valence-corrected chi connectivity index (χ2v) is 9.41. The number of hydrogen-bond acceptors (Lipinski definition) is 7. The smallest absolute Gasteiger partial charge is 0.251 e. The van der Waals surface area contributed by atoms with Gasteiger partial charge in [0, 0.05) is 25.2 Å². The molecule has 2 aromatic heterocycles. The Labute approximate surface area is 195 Å². The van der Waals surface area contributed by atoms with Crippen molar-refractivity contribution >= 4 is 11.0 Å². The third-order valence-electron chi connectivity index (χ3n) is 7.11. The molecule has 8 nitrogen and oxygen atoms in total. The predicted octanol–water partition coefficient (Wildman–Crippen LogP) is 1.76. The number of halogens is 1. The molecule has 1 atom stereocenters. The van der Waals surface area contributed by atoms with Crippen molar-refractivity contribution in [2.75, 3.05) is 32.8 Å². The molecule has 0 bridgehead atoms. The highest BCUT2D eigenvalue weighted by atomic mass is 19.1. The Hall–Kier alpha value is -3.01. The van der Waals surface area contributed by atoms with Crippen molar-refractivity contribution in [3.8, 4) is 11.5 Å². The van der Waals surface area contributed by atoms with Gasteiger partial charge in [-0.25, -0.2) is 4.39 Å². The minimum absolute atomic E-state index is 0.0451. The minimum Gasteiger partial charge on any atom is -0.486 e. The summed E-state index contributed by atoms with van der Waals surface area (Å²) in [6.45, 7) is 3.78. The van der Waals surface area contributed by atoms with E-state index in [9.17, 15) is 14.3 Å². The molecule has 9 heteroatoms. The maximum absolute atomic E-state index is 14.8. The number of aliphatic hydroxyl groups is 1. The van der Waals surface area contributed by atoms with E-state index in [1.54, 1.807) is 6.07 Å². The summed E-state index contributed by atoms with van der Waals surface area (Å²) in [6.07, 6.45) is 2.97. The second kappa shape index (κ2) is 8.33. The van der Waals surface area contributed by atoms with Crippen LogP contribution in [0.5, 0.6) is 11.5 Å². The Morgan fingerprint density at radius 1 is 1.15 bits per heavy atom. The molecule has 3 aromatic rings. The lowest BCUT2D eigenvalue weighted by atomic mass is 9.93. The molecule has 0 radical (unpaired) electrons. The summed E-state index contributed by atoms with van der Waals surface area (Å²) >= 11 is 0. The summed E-state index contributed by atoms with van der Waals surface area (Å²) in [4.78, 5) is 18.6. The standard InChI is InChI=1S/C25H27FN4O4/c26-18-13-28-19-2-4-22(31)30-15-25(32,23(18)24(19)30)14-29-7-5-17(6-8-29)27-12-16-1-3-20-21(11-16)34-10-9-33-20/h1-4,11,13,17,27,32H,5-10,12,14-15H2/t25-/m0/s1. The first-order valence-corrected chi connectivity index (χ1v) is 11.8. The van der Waals surface area contributed by atoms with Gasteiger partial charge >= 0.3 is 0 Å². The van der Waals surface area contributed by atoms with Crippen molar-refractivity contribution in [3.05, 3.63) is 63.8 Å². The highest BCUT2D eigenvalue weighted by Crippen LogP contribution is 2.38. The summed E-state index contributed by atoms with van der Waals surface area (Å²) < 4.78 is 27.5. The van der Waals surface area contributed by atoms with Gasteiger partial charge in [-0.1, -0.05) is 6.07 Å². The zero-order valence-electron chi connectivity index (χ0n) is 18.8. The van der Waals surface area contributed by atoms with Crippen molar-refractivity contribution in [1.29, 1.82) is 0 Å². The molecule has 6 rings (SSSR count). The van der Waals surface area contributed by atoms with Gasteiger partial charge in [0.25, 0.3) is 5.56 Å². The van der Waals surface area contributed by atoms with Crippen molar-refractivity contribution < 1.29 is 19.0 Å². The summed E-state index contributed by atoms with van der Waals surface area (Å²) in [5.74, 6) is 1.02. The number of ether oxygens (including phenoxy) is 2. The molecule has 178 valence electrons. The van der Waals surface area contributed by atoms with Gasteiger partial charge in [-0.2, -0.15) is 0 Å². The van der Waals surface area contributed by atoms with E-state index in [0.29, 0.717) is 30.3 Å². The number of nitrogens with one attached hydrogen (secondary N) is 1. The fraction of sp³-hybridized carbons (Fsp3) is 0.440. The number of benzene rings is 1. The third kappa shape index (κ3) is 3.73. The topological polar surface area (TPSA) is 88.9 Å². The van der Waals surface area contributed by atoms with E-state index in [1.807, 2.05) is 12.1 Å². The largest absolute Gasteiger partial charge is 0.486 e. The number of nitrogens with zero attached hydrogens (tertiary/aromatic N) is 3. The van der Waals surface area contributed by atoms with Gasteiger partial charge in [0.15, 0.2) is 11.5 Å². The van der Waals surface area contributed by atoms with Crippen LogP contribution in [0.15, 0.2) is 41.3 Å². The van der Waals surface area contributed by atoms with Gasteiger partial charge in [-0.3, -0.25) is 14.7 Å². The average Bonchev–Trinajstić information content (AvgIpc) is 3.17. The molecule has 1 aromatic carbocycles. The van der Waals surface area contributed by atoms with Crippen LogP contribution in [0.25, 0.3) is 11.0 Å². The Morgan fingerprint density at radius 2 is 1.94 bits per heavy atom. The second-order valence-electron chi connectivity index (χ2n) is 9.41. The minimum atomic E-state index is -1.45. The van der Waals surface area contributed by atoms with E-state index in [1.165, 1.54) is 10.6 Å². The number of hydrogen-bond donors (Lipinski definition) is 2. The molecule has 0 aliphatic carbocycles. The molecule has 0 unspecified atom stereocenters. The quantitative estimate of drug-likeness (QED) is 0.592. The highest BCUT2D eigenvalue weighted by molar-refractivity contribution is 5.81. The highest BCUT2D eigenvalue weighted by Gasteiger charge is 2.43. The Kier molecular flexibility index (Phi) is 5.28. The number of aromatic nitrogens is 2. The van der Waals surface area contributed by atoms with Crippen LogP contribution in [0.2, 0.25) is 0 Å². The van der Waals surface area contributed by atoms with E-state index in [2.05, 4.69) is 21.3 Å². The van der Waals surface area contributed by atoms with E-state index in [4.69, 9.17) is 9.47 Å². The summed E-state index contributed by atoms with van der Waals surface area (Å²) in [6, 6.07) is 9.38. The van der Waals surface area contributed by atoms with E-state index in [0.717, 1.165) is 55.7 Å². The molecular weight excluding hydrogens is 439 g/mol. The summed E-state index contributed by atoms with van der Waals surface area (Å²) in [7, 11) is 0. The fourth-order valence-corrected chi connectivity index (χ4v) is 5.43. The van der Waals surface area contributed by atoms with Crippen LogP contribution < -0.4 is 20.3 Å². The van der Waals surface area contributed by atoms with Gasteiger partial charge in [-0.05, 0) is 49.7 Å². The van der Waals surface area contributed by atoms with Crippen LogP contribution in [-0.4, -0.2) is 58.4 Å². The Morgan fingerprint density at radius 3 is 2.76 bits per heavy atom. The third-order valence-corrected chi connectivity index (χ3v) is 7.11. The van der Waals surface area contributed by atoms with Gasteiger partial charge in [-0.15, -0.1) is 0 Å². The fourth-order valence-electron chi connectivity index (χ4n) is 5.43. The number of fused-ring (bicyclic) bond motifs is 1. The number of likely N-dealkylation sites (tertiary alicyclic amines) is 1. The molecule has 1 saturated heterocycles. The predicted molar refractivity (Wildman–Crippen MR) is 124 cm³/mol. The molecule has 3 aliphatic rings. The lowest BCUT2D eigenvalue weighted by Gasteiger charge is -2.37. The number of piperidine rings is 1. The van der Waals surface area contributed by atoms with Crippen molar-refractivity contribution in [2.24, 2.45) is 0 Å². The van der Waals surface area contributed by atoms with Gasteiger partial charge < -0.3 is 24.5 Å². The van der Waals surface area contributed by atoms with E-state index in [-0.39, 0.29) is 24.2 Å². The van der Waals surface area contributed by atoms with Crippen LogP contribution in [0.3, 0.4) is 0 Å². The Balaban J connectivity index is 1.09. The molecule has 5 heterocycles. The number of rotatable bonds is 5. The normalized spacial score (nSPS) is 22.4. The van der Waals surface area contributed by atoms with E-state index < -0.39 is 11.4 Å². The zero-order valence-corrected chi connectivity index (χ0v) is 18.8. The van der Waals surface area contributed by atoms with Gasteiger partial charge in [0.05, 0.1) is 29.3 Å². The van der Waals surface area contributed by atoms with Crippen LogP contribution in [0.4, 0.5) is 4.39 Å². The molecule has 2 N–H and O–H groups in total. The molecule has 0 amide bonds. The van der Waals surface area contributed by atoms with Crippen LogP contribution in [0.1, 0.15) is 24.0 Å². The van der Waals surface area contributed by atoms with Crippen LogP contribution in [0, 0.1) is 5.82 Å². The first-order chi connectivity index (χ1) is 16.5. The van der Waals surface area contributed by atoms with Crippen molar-refractivity contribution in [1.82, 2.24) is 19.8 Å². The summed E-state index contributed by atoms with van der Waals surface area (Å²) in [5.41, 5.74) is 0.560. The SMILES string of the molecule is O=c1ccc2ncc(F)c3c2n1C[C@@]3(O)CN1CCC(NCc2ccc3c(c2)OCCO3)CC1. The maximum atomic E-state index is 14.8. The van der Waals surface area contributed by atoms with Crippen molar-refractivity contribution in [2.45, 2.75) is 37.6 Å². The lowest BCUT2D eigenvalue weighted by Crippen LogP contribution is -2.48. The molecule has 3 aliphatic heterocycles. The van der Waals surface area contributed by atoms with Gasteiger partial charge in [0.2, 0.25) is 0 Å². The molecular formula is C25H27FN4O4. The Bertz CT molecular complexity index is 1300. The molecule has 0 spiro atoms. The zero-order chi connectivity index (χ0) is 23.3. The van der Waals surface area contributed by atoms with Crippen LogP contribution >= 0.6 is 0 Å². The first kappa shape index (κ1) is 21.5. The first-order valence-electron chi connectivity index (χ1n) is 11.8. The van der Waals surface area contributed by atoms with Gasteiger partial charge in [0.1, 0.15) is 24.6 Å². The number of β-amino-alcohol motifs (C(OH)–C–C–N with tert-alkyl or cyclic N) is 1. The molecule has 1 fully saturated rings.